The molecular formula is C19H26O7. The quantitative estimate of drug-likeness (QED) is 0.456. The third-order valence-electron chi connectivity index (χ3n) is 6.34. The van der Waals surface area contributed by atoms with Gasteiger partial charge in [0, 0.05) is 25.3 Å². The molecule has 0 radical (unpaired) electrons. The molecule has 3 aliphatic rings. The topological polar surface area (TPSA) is 99.1 Å². The van der Waals surface area contributed by atoms with E-state index in [1.807, 2.05) is 0 Å². The fourth-order valence-electron chi connectivity index (χ4n) is 5.14. The Morgan fingerprint density at radius 3 is 2.54 bits per heavy atom. The fraction of sp³-hybridized carbons (Fsp3) is 0.737. The molecule has 7 heteroatoms. The average Bonchev–Trinajstić information content (AvgIpc) is 3.00. The van der Waals surface area contributed by atoms with Gasteiger partial charge >= 0.3 is 17.9 Å². The van der Waals surface area contributed by atoms with E-state index in [1.165, 1.54) is 13.8 Å². The smallest absolute Gasteiger partial charge is 0.334 e. The molecule has 0 aromatic heterocycles. The van der Waals surface area contributed by atoms with Crippen LogP contribution in [0.4, 0.5) is 0 Å². The number of aliphatic hydroxyl groups is 1. The molecule has 3 fully saturated rings. The van der Waals surface area contributed by atoms with Gasteiger partial charge in [-0.05, 0) is 37.5 Å². The van der Waals surface area contributed by atoms with Crippen LogP contribution < -0.4 is 0 Å². The molecule has 2 saturated carbocycles. The molecule has 7 nitrogen and oxygen atoms in total. The van der Waals surface area contributed by atoms with Gasteiger partial charge in [-0.3, -0.25) is 9.59 Å². The second kappa shape index (κ2) is 7.02. The Balaban J connectivity index is 1.99. The number of hydrogen-bond donors (Lipinski definition) is 1. The summed E-state index contributed by atoms with van der Waals surface area (Å²) >= 11 is 0. The van der Waals surface area contributed by atoms with Crippen molar-refractivity contribution in [3.8, 4) is 0 Å². The van der Waals surface area contributed by atoms with E-state index >= 15 is 0 Å². The normalized spacial score (nSPS) is 38.8. The first-order chi connectivity index (χ1) is 12.3. The van der Waals surface area contributed by atoms with E-state index in [2.05, 4.69) is 6.58 Å². The number of ether oxygens (including phenoxy) is 3. The van der Waals surface area contributed by atoms with E-state index in [0.29, 0.717) is 24.8 Å². The average molecular weight is 366 g/mol. The van der Waals surface area contributed by atoms with Crippen molar-refractivity contribution in [3.05, 3.63) is 12.2 Å². The second-order valence-electron chi connectivity index (χ2n) is 7.69. The Morgan fingerprint density at radius 2 is 1.88 bits per heavy atom. The molecule has 144 valence electrons. The van der Waals surface area contributed by atoms with E-state index in [-0.39, 0.29) is 36.9 Å². The molecule has 1 saturated heterocycles. The number of rotatable bonds is 4. The van der Waals surface area contributed by atoms with Crippen LogP contribution in [-0.4, -0.2) is 48.4 Å². The Hall–Kier alpha value is -1.89. The maximum absolute atomic E-state index is 12.1. The van der Waals surface area contributed by atoms with Crippen molar-refractivity contribution in [1.82, 2.24) is 0 Å². The van der Waals surface area contributed by atoms with Gasteiger partial charge in [-0.1, -0.05) is 6.58 Å². The van der Waals surface area contributed by atoms with E-state index in [9.17, 15) is 19.5 Å². The number of esters is 3. The Morgan fingerprint density at radius 1 is 1.19 bits per heavy atom. The molecule has 0 spiro atoms. The number of hydrogen-bond acceptors (Lipinski definition) is 7. The maximum Gasteiger partial charge on any atom is 0.334 e. The summed E-state index contributed by atoms with van der Waals surface area (Å²) in [5.74, 6) is -1.55. The van der Waals surface area contributed by atoms with Crippen LogP contribution >= 0.6 is 0 Å². The van der Waals surface area contributed by atoms with E-state index < -0.39 is 29.6 Å². The first kappa shape index (κ1) is 18.9. The SMILES string of the molecule is C=C1C(=O)OC2C1CCC(COC(C)=O)C1CCC(O)C12COC(C)=O. The highest BCUT2D eigenvalue weighted by Crippen LogP contribution is 2.58. The fourth-order valence-corrected chi connectivity index (χ4v) is 5.14. The highest BCUT2D eigenvalue weighted by atomic mass is 16.6. The summed E-state index contributed by atoms with van der Waals surface area (Å²) in [6.45, 7) is 6.78. The molecule has 0 aromatic rings. The van der Waals surface area contributed by atoms with Crippen LogP contribution in [0.2, 0.25) is 0 Å². The lowest BCUT2D eigenvalue weighted by atomic mass is 9.66. The van der Waals surface area contributed by atoms with Crippen LogP contribution in [0.3, 0.4) is 0 Å². The lowest BCUT2D eigenvalue weighted by Crippen LogP contribution is -2.53. The number of fused-ring (bicyclic) bond motifs is 3. The van der Waals surface area contributed by atoms with Gasteiger partial charge in [0.05, 0.1) is 18.1 Å². The van der Waals surface area contributed by atoms with E-state index in [0.717, 1.165) is 6.42 Å². The molecule has 0 amide bonds. The highest BCUT2D eigenvalue weighted by molar-refractivity contribution is 5.91. The largest absolute Gasteiger partial charge is 0.466 e. The second-order valence-corrected chi connectivity index (χ2v) is 7.69. The molecule has 2 aliphatic carbocycles. The first-order valence-electron chi connectivity index (χ1n) is 9.12. The van der Waals surface area contributed by atoms with Crippen LogP contribution in [-0.2, 0) is 28.6 Å². The standard InChI is InChI=1S/C19H26O7/c1-10-14-5-4-13(8-24-11(2)20)15-6-7-16(22)19(15,9-25-12(3)21)17(14)26-18(10)23/h13-17,22H,1,4-9H2,2-3H3. The molecule has 6 atom stereocenters. The van der Waals surface area contributed by atoms with Crippen molar-refractivity contribution in [2.45, 2.75) is 51.7 Å². The number of carbonyl (C=O) groups is 3. The van der Waals surface area contributed by atoms with E-state index in [1.54, 1.807) is 0 Å². The summed E-state index contributed by atoms with van der Waals surface area (Å²) in [7, 11) is 0. The lowest BCUT2D eigenvalue weighted by molar-refractivity contribution is -0.172. The minimum Gasteiger partial charge on any atom is -0.466 e. The molecule has 1 N–H and O–H groups in total. The molecular weight excluding hydrogens is 340 g/mol. The van der Waals surface area contributed by atoms with Gasteiger partial charge in [0.15, 0.2) is 0 Å². The molecule has 0 aromatic carbocycles. The van der Waals surface area contributed by atoms with Crippen molar-refractivity contribution in [1.29, 1.82) is 0 Å². The molecule has 1 heterocycles. The molecule has 6 unspecified atom stereocenters. The van der Waals surface area contributed by atoms with Gasteiger partial charge in [-0.25, -0.2) is 4.79 Å². The van der Waals surface area contributed by atoms with Crippen molar-refractivity contribution in [3.63, 3.8) is 0 Å². The highest BCUT2D eigenvalue weighted by Gasteiger charge is 2.64. The van der Waals surface area contributed by atoms with Crippen LogP contribution in [0, 0.1) is 23.2 Å². The van der Waals surface area contributed by atoms with Crippen molar-refractivity contribution in [2.75, 3.05) is 13.2 Å². The summed E-state index contributed by atoms with van der Waals surface area (Å²) in [4.78, 5) is 34.9. The van der Waals surface area contributed by atoms with Gasteiger partial charge in [0.2, 0.25) is 0 Å². The Labute approximate surface area is 152 Å². The van der Waals surface area contributed by atoms with Gasteiger partial charge in [0.1, 0.15) is 12.7 Å². The third-order valence-corrected chi connectivity index (χ3v) is 6.34. The first-order valence-corrected chi connectivity index (χ1v) is 9.12. The van der Waals surface area contributed by atoms with Crippen molar-refractivity contribution in [2.24, 2.45) is 23.2 Å². The van der Waals surface area contributed by atoms with Crippen LogP contribution in [0.25, 0.3) is 0 Å². The van der Waals surface area contributed by atoms with Crippen molar-refractivity contribution < 1.29 is 33.7 Å². The minimum atomic E-state index is -0.896. The van der Waals surface area contributed by atoms with Crippen molar-refractivity contribution >= 4 is 17.9 Å². The third kappa shape index (κ3) is 3.02. The summed E-state index contributed by atoms with van der Waals surface area (Å²) in [6, 6.07) is 0. The zero-order chi connectivity index (χ0) is 19.1. The molecule has 0 bridgehead atoms. The molecule has 26 heavy (non-hydrogen) atoms. The Kier molecular flexibility index (Phi) is 5.10. The maximum atomic E-state index is 12.1. The summed E-state index contributed by atoms with van der Waals surface area (Å²) in [5, 5.41) is 10.9. The predicted molar refractivity (Wildman–Crippen MR) is 89.7 cm³/mol. The Bertz CT molecular complexity index is 627. The zero-order valence-corrected chi connectivity index (χ0v) is 15.2. The predicted octanol–water partition coefficient (Wildman–Crippen LogP) is 1.38. The van der Waals surface area contributed by atoms with Gasteiger partial charge in [-0.15, -0.1) is 0 Å². The van der Waals surface area contributed by atoms with Gasteiger partial charge in [0.25, 0.3) is 0 Å². The van der Waals surface area contributed by atoms with Crippen LogP contribution in [0.15, 0.2) is 12.2 Å². The summed E-state index contributed by atoms with van der Waals surface area (Å²) in [5.41, 5.74) is -0.490. The number of aliphatic hydroxyl groups excluding tert-OH is 1. The summed E-state index contributed by atoms with van der Waals surface area (Å²) in [6.07, 6.45) is 1.26. The zero-order valence-electron chi connectivity index (χ0n) is 15.2. The van der Waals surface area contributed by atoms with E-state index in [4.69, 9.17) is 14.2 Å². The molecule has 1 aliphatic heterocycles. The summed E-state index contributed by atoms with van der Waals surface area (Å²) < 4.78 is 16.3. The van der Waals surface area contributed by atoms with Crippen LogP contribution in [0.5, 0.6) is 0 Å². The number of carbonyl (C=O) groups excluding carboxylic acids is 3. The minimum absolute atomic E-state index is 0.00344. The molecule has 3 rings (SSSR count). The lowest BCUT2D eigenvalue weighted by Gasteiger charge is -2.43. The van der Waals surface area contributed by atoms with Gasteiger partial charge < -0.3 is 19.3 Å². The monoisotopic (exact) mass is 366 g/mol. The van der Waals surface area contributed by atoms with Crippen LogP contribution in [0.1, 0.15) is 39.5 Å². The van der Waals surface area contributed by atoms with Gasteiger partial charge in [-0.2, -0.15) is 0 Å².